The van der Waals surface area contributed by atoms with Crippen molar-refractivity contribution < 1.29 is 4.74 Å². The molecule has 1 saturated heterocycles. The Bertz CT molecular complexity index is 1330. The zero-order valence-corrected chi connectivity index (χ0v) is 19.8. The molecule has 0 bridgehead atoms. The third kappa shape index (κ3) is 3.90. The minimum absolute atomic E-state index is 0.0939. The Morgan fingerprint density at radius 3 is 2.67 bits per heavy atom. The van der Waals surface area contributed by atoms with Crippen molar-refractivity contribution in [2.45, 2.75) is 46.1 Å². The highest BCUT2D eigenvalue weighted by Crippen LogP contribution is 2.37. The SMILES string of the molecule is CCOc1cc(-c2nncn2C)ccc1Cc1ncc2cc(C)nc(N3CCC3(C)C)c2n1. The highest BCUT2D eigenvalue weighted by molar-refractivity contribution is 5.89. The van der Waals surface area contributed by atoms with Crippen LogP contribution in [0.4, 0.5) is 5.82 Å². The second-order valence-electron chi connectivity index (χ2n) is 9.22. The van der Waals surface area contributed by atoms with Crippen LogP contribution in [0, 0.1) is 6.92 Å². The first-order valence-corrected chi connectivity index (χ1v) is 11.4. The van der Waals surface area contributed by atoms with Crippen molar-refractivity contribution in [1.29, 1.82) is 0 Å². The number of fused-ring (bicyclic) bond motifs is 1. The Morgan fingerprint density at radius 1 is 1.15 bits per heavy atom. The molecule has 5 rings (SSSR count). The molecule has 1 fully saturated rings. The number of anilines is 1. The van der Waals surface area contributed by atoms with Gasteiger partial charge >= 0.3 is 0 Å². The molecular formula is C25H29N7O. The van der Waals surface area contributed by atoms with Crippen molar-refractivity contribution in [2.24, 2.45) is 7.05 Å². The third-order valence-electron chi connectivity index (χ3n) is 6.34. The van der Waals surface area contributed by atoms with E-state index in [0.717, 1.165) is 63.9 Å². The van der Waals surface area contributed by atoms with Gasteiger partial charge in [-0.2, -0.15) is 0 Å². The van der Waals surface area contributed by atoms with E-state index in [2.05, 4.69) is 46.1 Å². The Balaban J connectivity index is 1.52. The van der Waals surface area contributed by atoms with Gasteiger partial charge in [0.15, 0.2) is 11.6 Å². The number of pyridine rings is 1. The molecular weight excluding hydrogens is 414 g/mol. The number of ether oxygens (including phenoxy) is 1. The lowest BCUT2D eigenvalue weighted by Gasteiger charge is -2.49. The summed E-state index contributed by atoms with van der Waals surface area (Å²) in [6, 6.07) is 8.18. The number of aryl methyl sites for hydroxylation is 2. The zero-order chi connectivity index (χ0) is 23.2. The first kappa shape index (κ1) is 21.3. The van der Waals surface area contributed by atoms with E-state index in [1.54, 1.807) is 6.33 Å². The molecule has 1 aliphatic heterocycles. The lowest BCUT2D eigenvalue weighted by Crippen LogP contribution is -2.56. The van der Waals surface area contributed by atoms with E-state index in [1.807, 2.05) is 43.8 Å². The standard InChI is InChI=1S/C25H29N7O/c1-6-33-20-12-18(23-30-27-15-31(23)5)8-7-17(20)13-21-26-14-19-11-16(2)28-24(22(19)29-21)32-10-9-25(32,3)4/h7-8,11-12,14-15H,6,9-10,13H2,1-5H3. The summed E-state index contributed by atoms with van der Waals surface area (Å²) in [5.74, 6) is 3.31. The van der Waals surface area contributed by atoms with Crippen molar-refractivity contribution in [3.05, 3.63) is 53.9 Å². The smallest absolute Gasteiger partial charge is 0.163 e. The summed E-state index contributed by atoms with van der Waals surface area (Å²) in [5.41, 5.74) is 3.98. The second-order valence-corrected chi connectivity index (χ2v) is 9.22. The number of aromatic nitrogens is 6. The van der Waals surface area contributed by atoms with Gasteiger partial charge in [-0.25, -0.2) is 15.0 Å². The normalized spacial score (nSPS) is 15.0. The topological polar surface area (TPSA) is 81.8 Å². The van der Waals surface area contributed by atoms with Crippen LogP contribution in [0.15, 0.2) is 36.8 Å². The van der Waals surface area contributed by atoms with Crippen LogP contribution in [0.1, 0.15) is 44.3 Å². The summed E-state index contributed by atoms with van der Waals surface area (Å²) in [6.45, 7) is 10.1. The summed E-state index contributed by atoms with van der Waals surface area (Å²) >= 11 is 0. The van der Waals surface area contributed by atoms with Gasteiger partial charge in [-0.05, 0) is 46.2 Å². The summed E-state index contributed by atoms with van der Waals surface area (Å²) < 4.78 is 7.87. The molecule has 170 valence electrons. The van der Waals surface area contributed by atoms with Crippen molar-refractivity contribution >= 4 is 16.7 Å². The molecule has 0 radical (unpaired) electrons. The second kappa shape index (κ2) is 8.10. The molecule has 4 heterocycles. The van der Waals surface area contributed by atoms with Crippen LogP contribution in [-0.2, 0) is 13.5 Å². The van der Waals surface area contributed by atoms with Gasteiger partial charge in [0.1, 0.15) is 23.4 Å². The fraction of sp³-hybridized carbons (Fsp3) is 0.400. The van der Waals surface area contributed by atoms with E-state index >= 15 is 0 Å². The van der Waals surface area contributed by atoms with Gasteiger partial charge in [0, 0.05) is 54.0 Å². The number of benzene rings is 1. The first-order chi connectivity index (χ1) is 15.9. The molecule has 0 saturated carbocycles. The van der Waals surface area contributed by atoms with Crippen molar-refractivity contribution in [2.75, 3.05) is 18.1 Å². The quantitative estimate of drug-likeness (QED) is 0.444. The molecule has 0 N–H and O–H groups in total. The van der Waals surface area contributed by atoms with Gasteiger partial charge in [-0.15, -0.1) is 10.2 Å². The molecule has 33 heavy (non-hydrogen) atoms. The van der Waals surface area contributed by atoms with Gasteiger partial charge in [0.05, 0.1) is 6.61 Å². The number of nitrogens with zero attached hydrogens (tertiary/aromatic N) is 7. The largest absolute Gasteiger partial charge is 0.494 e. The third-order valence-corrected chi connectivity index (χ3v) is 6.34. The summed E-state index contributed by atoms with van der Waals surface area (Å²) in [5, 5.41) is 9.22. The lowest BCUT2D eigenvalue weighted by atomic mass is 9.89. The monoisotopic (exact) mass is 443 g/mol. The van der Waals surface area contributed by atoms with Crippen LogP contribution >= 0.6 is 0 Å². The molecule has 1 aromatic carbocycles. The van der Waals surface area contributed by atoms with E-state index in [9.17, 15) is 0 Å². The summed E-state index contributed by atoms with van der Waals surface area (Å²) in [7, 11) is 1.93. The Labute approximate surface area is 193 Å². The predicted molar refractivity (Wildman–Crippen MR) is 129 cm³/mol. The van der Waals surface area contributed by atoms with E-state index in [0.29, 0.717) is 13.0 Å². The van der Waals surface area contributed by atoms with Crippen LogP contribution in [-0.4, -0.2) is 48.4 Å². The lowest BCUT2D eigenvalue weighted by molar-refractivity contribution is 0.330. The van der Waals surface area contributed by atoms with Gasteiger partial charge in [0.25, 0.3) is 0 Å². The number of hydrogen-bond donors (Lipinski definition) is 0. The average molecular weight is 444 g/mol. The fourth-order valence-electron chi connectivity index (χ4n) is 4.37. The van der Waals surface area contributed by atoms with E-state index in [-0.39, 0.29) is 5.54 Å². The minimum Gasteiger partial charge on any atom is -0.494 e. The predicted octanol–water partition coefficient (Wildman–Crippen LogP) is 4.11. The maximum Gasteiger partial charge on any atom is 0.163 e. The van der Waals surface area contributed by atoms with Gasteiger partial charge in [0.2, 0.25) is 0 Å². The van der Waals surface area contributed by atoms with E-state index in [4.69, 9.17) is 14.7 Å². The maximum atomic E-state index is 5.97. The van der Waals surface area contributed by atoms with Gasteiger partial charge in [-0.3, -0.25) is 0 Å². The minimum atomic E-state index is 0.0939. The van der Waals surface area contributed by atoms with Crippen molar-refractivity contribution in [3.63, 3.8) is 0 Å². The molecule has 0 unspecified atom stereocenters. The molecule has 0 atom stereocenters. The van der Waals surface area contributed by atoms with E-state index < -0.39 is 0 Å². The highest BCUT2D eigenvalue weighted by Gasteiger charge is 2.38. The Kier molecular flexibility index (Phi) is 5.23. The van der Waals surface area contributed by atoms with Gasteiger partial charge in [-0.1, -0.05) is 12.1 Å². The fourth-order valence-corrected chi connectivity index (χ4v) is 4.37. The van der Waals surface area contributed by atoms with Crippen LogP contribution in [0.25, 0.3) is 22.3 Å². The molecule has 0 amide bonds. The van der Waals surface area contributed by atoms with Crippen LogP contribution in [0.3, 0.4) is 0 Å². The number of hydrogen-bond acceptors (Lipinski definition) is 7. The average Bonchev–Trinajstić information content (AvgIpc) is 3.20. The molecule has 8 nitrogen and oxygen atoms in total. The van der Waals surface area contributed by atoms with Crippen LogP contribution < -0.4 is 9.64 Å². The molecule has 3 aromatic heterocycles. The molecule has 8 heteroatoms. The molecule has 0 spiro atoms. The Morgan fingerprint density at radius 2 is 2.00 bits per heavy atom. The molecule has 1 aliphatic rings. The number of rotatable bonds is 6. The van der Waals surface area contributed by atoms with Crippen LogP contribution in [0.5, 0.6) is 5.75 Å². The van der Waals surface area contributed by atoms with Crippen LogP contribution in [0.2, 0.25) is 0 Å². The van der Waals surface area contributed by atoms with Crippen molar-refractivity contribution in [1.82, 2.24) is 29.7 Å². The van der Waals surface area contributed by atoms with Crippen molar-refractivity contribution in [3.8, 4) is 17.1 Å². The first-order valence-electron chi connectivity index (χ1n) is 11.4. The van der Waals surface area contributed by atoms with E-state index in [1.165, 1.54) is 0 Å². The summed E-state index contributed by atoms with van der Waals surface area (Å²) in [4.78, 5) is 16.8. The summed E-state index contributed by atoms with van der Waals surface area (Å²) in [6.07, 6.45) is 5.33. The highest BCUT2D eigenvalue weighted by atomic mass is 16.5. The van der Waals surface area contributed by atoms with Gasteiger partial charge < -0.3 is 14.2 Å². The molecule has 0 aliphatic carbocycles. The molecule has 4 aromatic rings. The maximum absolute atomic E-state index is 5.97. The Hall–Kier alpha value is -3.55. The zero-order valence-electron chi connectivity index (χ0n) is 19.8.